The summed E-state index contributed by atoms with van der Waals surface area (Å²) in [6.07, 6.45) is 0.891. The Labute approximate surface area is 108 Å². The minimum Gasteiger partial charge on any atom is -0.344 e. The molecule has 0 radical (unpaired) electrons. The highest BCUT2D eigenvalue weighted by Gasteiger charge is 2.27. The van der Waals surface area contributed by atoms with Crippen LogP contribution in [0.15, 0.2) is 18.2 Å². The van der Waals surface area contributed by atoms with Crippen LogP contribution < -0.4 is 10.6 Å². The number of amides is 2. The summed E-state index contributed by atoms with van der Waals surface area (Å²) in [5, 5.41) is 6.11. The molecule has 17 heavy (non-hydrogen) atoms. The highest BCUT2D eigenvalue weighted by Crippen LogP contribution is 2.25. The van der Waals surface area contributed by atoms with E-state index in [1.54, 1.807) is 18.2 Å². The molecule has 1 saturated heterocycles. The molecular weight excluding hydrogens is 263 g/mol. The van der Waals surface area contributed by atoms with Crippen LogP contribution in [0.2, 0.25) is 10.0 Å². The van der Waals surface area contributed by atoms with Gasteiger partial charge in [0.25, 0.3) is 0 Å². The lowest BCUT2D eigenvalue weighted by Gasteiger charge is -2.12. The van der Waals surface area contributed by atoms with E-state index < -0.39 is 6.04 Å². The number of halogens is 2. The summed E-state index contributed by atoms with van der Waals surface area (Å²) >= 11 is 11.7. The topological polar surface area (TPSA) is 58.2 Å². The zero-order valence-electron chi connectivity index (χ0n) is 8.80. The second kappa shape index (κ2) is 4.94. The largest absolute Gasteiger partial charge is 0.344 e. The first-order valence-electron chi connectivity index (χ1n) is 5.11. The molecule has 0 saturated carbocycles. The molecule has 2 rings (SSSR count). The van der Waals surface area contributed by atoms with E-state index in [1.165, 1.54) is 0 Å². The van der Waals surface area contributed by atoms with E-state index in [-0.39, 0.29) is 11.8 Å². The summed E-state index contributed by atoms with van der Waals surface area (Å²) in [6.45, 7) is 0. The van der Waals surface area contributed by atoms with E-state index >= 15 is 0 Å². The van der Waals surface area contributed by atoms with Gasteiger partial charge in [-0.25, -0.2) is 0 Å². The molecule has 0 bridgehead atoms. The lowest BCUT2D eigenvalue weighted by Crippen LogP contribution is -2.37. The molecule has 1 unspecified atom stereocenters. The molecule has 0 aliphatic carbocycles. The van der Waals surface area contributed by atoms with Gasteiger partial charge in [-0.3, -0.25) is 9.59 Å². The van der Waals surface area contributed by atoms with E-state index in [2.05, 4.69) is 10.6 Å². The Morgan fingerprint density at radius 2 is 2.18 bits per heavy atom. The minimum absolute atomic E-state index is 0.104. The van der Waals surface area contributed by atoms with Crippen molar-refractivity contribution in [1.29, 1.82) is 0 Å². The van der Waals surface area contributed by atoms with Gasteiger partial charge in [0, 0.05) is 11.4 Å². The Balaban J connectivity index is 2.05. The fraction of sp³-hybridized carbons (Fsp3) is 0.273. The normalized spacial score (nSPS) is 18.9. The Hall–Kier alpha value is -1.26. The Bertz CT molecular complexity index is 477. The summed E-state index contributed by atoms with van der Waals surface area (Å²) in [7, 11) is 0. The van der Waals surface area contributed by atoms with Gasteiger partial charge in [-0.2, -0.15) is 0 Å². The lowest BCUT2D eigenvalue weighted by molar-refractivity contribution is -0.122. The third-order valence-electron chi connectivity index (χ3n) is 2.50. The lowest BCUT2D eigenvalue weighted by atomic mass is 10.2. The zero-order chi connectivity index (χ0) is 12.4. The molecule has 0 aromatic heterocycles. The van der Waals surface area contributed by atoms with Crippen LogP contribution in [0.25, 0.3) is 0 Å². The van der Waals surface area contributed by atoms with Crippen LogP contribution in [-0.4, -0.2) is 17.9 Å². The predicted molar refractivity (Wildman–Crippen MR) is 66.3 cm³/mol. The molecule has 1 aliphatic rings. The highest BCUT2D eigenvalue weighted by atomic mass is 35.5. The van der Waals surface area contributed by atoms with Gasteiger partial charge in [0.1, 0.15) is 6.04 Å². The number of nitrogens with one attached hydrogen (secondary N) is 2. The second-order valence-corrected chi connectivity index (χ2v) is 4.62. The Morgan fingerprint density at radius 3 is 2.76 bits per heavy atom. The third kappa shape index (κ3) is 2.90. The van der Waals surface area contributed by atoms with Gasteiger partial charge >= 0.3 is 0 Å². The predicted octanol–water partition coefficient (Wildman–Crippen LogP) is 2.21. The first kappa shape index (κ1) is 12.2. The van der Waals surface area contributed by atoms with Crippen LogP contribution in [-0.2, 0) is 9.59 Å². The van der Waals surface area contributed by atoms with Crippen LogP contribution in [0.4, 0.5) is 5.69 Å². The van der Waals surface area contributed by atoms with Gasteiger partial charge in [-0.1, -0.05) is 23.2 Å². The molecule has 0 spiro atoms. The fourth-order valence-electron chi connectivity index (χ4n) is 1.62. The van der Waals surface area contributed by atoms with E-state index in [1.807, 2.05) is 0 Å². The first-order chi connectivity index (χ1) is 8.06. The maximum atomic E-state index is 11.8. The third-order valence-corrected chi connectivity index (χ3v) is 3.05. The Morgan fingerprint density at radius 1 is 1.41 bits per heavy atom. The van der Waals surface area contributed by atoms with Gasteiger partial charge in [-0.15, -0.1) is 0 Å². The van der Waals surface area contributed by atoms with E-state index in [4.69, 9.17) is 23.2 Å². The number of benzene rings is 1. The number of hydrogen-bond acceptors (Lipinski definition) is 2. The van der Waals surface area contributed by atoms with Gasteiger partial charge in [0.15, 0.2) is 0 Å². The van der Waals surface area contributed by atoms with Crippen molar-refractivity contribution in [3.63, 3.8) is 0 Å². The van der Waals surface area contributed by atoms with Crippen molar-refractivity contribution in [2.45, 2.75) is 18.9 Å². The average Bonchev–Trinajstić information content (AvgIpc) is 2.69. The summed E-state index contributed by atoms with van der Waals surface area (Å²) in [5.74, 6) is -0.368. The van der Waals surface area contributed by atoms with Crippen molar-refractivity contribution >= 4 is 40.7 Å². The molecule has 90 valence electrons. The molecule has 1 heterocycles. The van der Waals surface area contributed by atoms with Crippen molar-refractivity contribution < 1.29 is 9.59 Å². The van der Waals surface area contributed by atoms with Gasteiger partial charge in [0.05, 0.1) is 10.7 Å². The number of rotatable bonds is 2. The fourth-order valence-corrected chi connectivity index (χ4v) is 2.08. The van der Waals surface area contributed by atoms with Gasteiger partial charge in [-0.05, 0) is 24.6 Å². The summed E-state index contributed by atoms with van der Waals surface area (Å²) in [5.41, 5.74) is 0.488. The molecule has 1 fully saturated rings. The van der Waals surface area contributed by atoms with E-state index in [9.17, 15) is 9.59 Å². The molecule has 6 heteroatoms. The quantitative estimate of drug-likeness (QED) is 0.867. The van der Waals surface area contributed by atoms with Crippen LogP contribution in [0.5, 0.6) is 0 Å². The smallest absolute Gasteiger partial charge is 0.247 e. The maximum Gasteiger partial charge on any atom is 0.247 e. The summed E-state index contributed by atoms with van der Waals surface area (Å²) in [6, 6.07) is 4.33. The van der Waals surface area contributed by atoms with Crippen molar-refractivity contribution in [3.8, 4) is 0 Å². The minimum atomic E-state index is -0.478. The summed E-state index contributed by atoms with van der Waals surface area (Å²) in [4.78, 5) is 22.8. The number of anilines is 1. The van der Waals surface area contributed by atoms with Gasteiger partial charge < -0.3 is 10.6 Å². The molecule has 2 amide bonds. The molecular formula is C11H10Cl2N2O2. The standard InChI is InChI=1S/C11H10Cl2N2O2/c12-6-1-2-8(7(13)5-6)15-11(17)9-3-4-10(16)14-9/h1-2,5,9H,3-4H2,(H,14,16)(H,15,17). The number of carbonyl (C=O) groups is 2. The maximum absolute atomic E-state index is 11.8. The van der Waals surface area contributed by atoms with Crippen LogP contribution in [0.3, 0.4) is 0 Å². The zero-order valence-corrected chi connectivity index (χ0v) is 10.3. The Kier molecular flexibility index (Phi) is 3.54. The van der Waals surface area contributed by atoms with E-state index in [0.29, 0.717) is 28.6 Å². The average molecular weight is 273 g/mol. The summed E-state index contributed by atoms with van der Waals surface area (Å²) < 4.78 is 0. The van der Waals surface area contributed by atoms with Crippen LogP contribution in [0.1, 0.15) is 12.8 Å². The highest BCUT2D eigenvalue weighted by molar-refractivity contribution is 6.36. The molecule has 4 nitrogen and oxygen atoms in total. The number of carbonyl (C=O) groups excluding carboxylic acids is 2. The molecule has 1 aromatic rings. The second-order valence-electron chi connectivity index (χ2n) is 3.77. The molecule has 2 N–H and O–H groups in total. The van der Waals surface area contributed by atoms with E-state index in [0.717, 1.165) is 0 Å². The van der Waals surface area contributed by atoms with Crippen LogP contribution >= 0.6 is 23.2 Å². The van der Waals surface area contributed by atoms with Gasteiger partial charge in [0.2, 0.25) is 11.8 Å². The monoisotopic (exact) mass is 272 g/mol. The number of hydrogen-bond donors (Lipinski definition) is 2. The van der Waals surface area contributed by atoms with Crippen molar-refractivity contribution in [3.05, 3.63) is 28.2 Å². The molecule has 1 atom stereocenters. The van der Waals surface area contributed by atoms with Crippen molar-refractivity contribution in [2.24, 2.45) is 0 Å². The van der Waals surface area contributed by atoms with Crippen LogP contribution in [0, 0.1) is 0 Å². The first-order valence-corrected chi connectivity index (χ1v) is 5.87. The SMILES string of the molecule is O=C1CCC(C(=O)Nc2ccc(Cl)cc2Cl)N1. The van der Waals surface area contributed by atoms with Crippen molar-refractivity contribution in [2.75, 3.05) is 5.32 Å². The molecule has 1 aliphatic heterocycles. The molecule has 1 aromatic carbocycles. The van der Waals surface area contributed by atoms with Crippen molar-refractivity contribution in [1.82, 2.24) is 5.32 Å².